The van der Waals surface area contributed by atoms with Crippen molar-refractivity contribution in [3.63, 3.8) is 0 Å². The Bertz CT molecular complexity index is 955. The van der Waals surface area contributed by atoms with Crippen molar-refractivity contribution in [1.82, 2.24) is 0 Å². The highest BCUT2D eigenvalue weighted by Gasteiger charge is 2.64. The predicted molar refractivity (Wildman–Crippen MR) is 127 cm³/mol. The lowest BCUT2D eigenvalue weighted by Gasteiger charge is -2.59. The monoisotopic (exact) mass is 490 g/mol. The fourth-order valence-electron chi connectivity index (χ4n) is 7.58. The third-order valence-corrected chi connectivity index (χ3v) is 9.36. The van der Waals surface area contributed by atoms with Crippen molar-refractivity contribution >= 4 is 35.3 Å². The molecule has 8 atom stereocenters. The molecule has 0 amide bonds. The minimum atomic E-state index is -0.678. The number of fused-ring (bicyclic) bond motifs is 5. The number of esters is 2. The van der Waals surface area contributed by atoms with Crippen molar-refractivity contribution in [3.05, 3.63) is 23.8 Å². The van der Waals surface area contributed by atoms with Gasteiger partial charge in [-0.1, -0.05) is 19.9 Å². The Kier molecular flexibility index (Phi) is 6.86. The van der Waals surface area contributed by atoms with Gasteiger partial charge in [-0.2, -0.15) is 11.8 Å². The second kappa shape index (κ2) is 9.26. The molecule has 3 saturated carbocycles. The van der Waals surface area contributed by atoms with Gasteiger partial charge in [-0.25, -0.2) is 0 Å². The molecule has 0 heterocycles. The van der Waals surface area contributed by atoms with Crippen LogP contribution in [0.3, 0.4) is 0 Å². The van der Waals surface area contributed by atoms with Crippen LogP contribution >= 0.6 is 11.8 Å². The van der Waals surface area contributed by atoms with Crippen LogP contribution in [0.4, 0.5) is 0 Å². The van der Waals surface area contributed by atoms with Crippen molar-refractivity contribution < 1.29 is 33.8 Å². The minimum Gasteiger partial charge on any atom is -0.458 e. The number of aliphatic hydroxyl groups excluding tert-OH is 1. The molecular formula is C26H34O7S. The number of rotatable bonds is 6. The zero-order chi connectivity index (χ0) is 24.8. The Morgan fingerprint density at radius 2 is 1.97 bits per heavy atom. The van der Waals surface area contributed by atoms with E-state index in [1.165, 1.54) is 18.7 Å². The van der Waals surface area contributed by atoms with Gasteiger partial charge < -0.3 is 14.6 Å². The molecule has 7 nitrogen and oxygen atoms in total. The van der Waals surface area contributed by atoms with E-state index in [9.17, 15) is 24.3 Å². The van der Waals surface area contributed by atoms with Gasteiger partial charge in [-0.15, -0.1) is 0 Å². The molecule has 3 fully saturated rings. The number of hydrogen-bond acceptors (Lipinski definition) is 8. The van der Waals surface area contributed by atoms with E-state index in [0.29, 0.717) is 19.3 Å². The Morgan fingerprint density at radius 1 is 1.24 bits per heavy atom. The standard InChI is InChI=1S/C26H34O7S/c1-14(27)32-12-21(30)18-6-5-17-16-10-22(33-23(31)13-34-4)19-9-15(28)7-8-25(19,2)24(16)20(29)11-26(17,18)3/h7-9,16-18,20,22,24,29H,5-6,10-13H2,1-4H3/t16-,17-,18+,20?,22?,24+,25-,26-/m0/s1. The summed E-state index contributed by atoms with van der Waals surface area (Å²) >= 11 is 1.39. The number of aliphatic hydroxyl groups is 1. The molecule has 4 aliphatic carbocycles. The molecule has 186 valence electrons. The first-order valence-electron chi connectivity index (χ1n) is 12.0. The van der Waals surface area contributed by atoms with Crippen molar-refractivity contribution in [1.29, 1.82) is 0 Å². The summed E-state index contributed by atoms with van der Waals surface area (Å²) in [7, 11) is 0. The minimum absolute atomic E-state index is 0.0207. The van der Waals surface area contributed by atoms with E-state index in [2.05, 4.69) is 6.92 Å². The molecule has 0 aromatic carbocycles. The van der Waals surface area contributed by atoms with Crippen LogP contribution in [0.2, 0.25) is 0 Å². The molecule has 34 heavy (non-hydrogen) atoms. The van der Waals surface area contributed by atoms with Crippen LogP contribution in [0, 0.1) is 34.5 Å². The summed E-state index contributed by atoms with van der Waals surface area (Å²) in [6, 6.07) is 0. The van der Waals surface area contributed by atoms with Gasteiger partial charge in [0, 0.05) is 24.2 Å². The third-order valence-electron chi connectivity index (χ3n) is 8.83. The number of carbonyl (C=O) groups is 4. The number of hydrogen-bond donors (Lipinski definition) is 1. The van der Waals surface area contributed by atoms with E-state index in [4.69, 9.17) is 9.47 Å². The zero-order valence-corrected chi connectivity index (χ0v) is 21.1. The van der Waals surface area contributed by atoms with E-state index >= 15 is 0 Å². The lowest BCUT2D eigenvalue weighted by molar-refractivity contribution is -0.161. The van der Waals surface area contributed by atoms with Gasteiger partial charge in [-0.05, 0) is 66.9 Å². The van der Waals surface area contributed by atoms with Crippen LogP contribution in [-0.2, 0) is 28.7 Å². The maximum absolute atomic E-state index is 13.0. The topological polar surface area (TPSA) is 107 Å². The Labute approximate surface area is 204 Å². The Morgan fingerprint density at radius 3 is 2.65 bits per heavy atom. The van der Waals surface area contributed by atoms with Crippen molar-refractivity contribution in [2.45, 2.75) is 58.7 Å². The molecule has 0 aromatic rings. The largest absolute Gasteiger partial charge is 0.458 e. The number of allylic oxidation sites excluding steroid dienone is 3. The summed E-state index contributed by atoms with van der Waals surface area (Å²) in [5, 5.41) is 11.5. The van der Waals surface area contributed by atoms with Crippen molar-refractivity contribution in [2.75, 3.05) is 18.6 Å². The molecular weight excluding hydrogens is 456 g/mol. The van der Waals surface area contributed by atoms with Crippen LogP contribution < -0.4 is 0 Å². The van der Waals surface area contributed by atoms with Gasteiger partial charge in [0.05, 0.1) is 11.9 Å². The summed E-state index contributed by atoms with van der Waals surface area (Å²) in [6.07, 6.45) is 8.12. The SMILES string of the molecule is CSCC(=O)OC1C[C@H]2[C@@H]3CC[C@H](C(=O)COC(C)=O)[C@@]3(C)CC(O)[C@@H]2[C@@]2(C)C=CC(=O)C=C12. The van der Waals surface area contributed by atoms with Gasteiger partial charge in [0.15, 0.2) is 11.6 Å². The highest BCUT2D eigenvalue weighted by molar-refractivity contribution is 7.99. The molecule has 2 unspecified atom stereocenters. The lowest BCUT2D eigenvalue weighted by atomic mass is 9.46. The van der Waals surface area contributed by atoms with Gasteiger partial charge in [0.25, 0.3) is 0 Å². The fraction of sp³-hybridized carbons (Fsp3) is 0.692. The van der Waals surface area contributed by atoms with Crippen LogP contribution in [0.1, 0.15) is 46.5 Å². The van der Waals surface area contributed by atoms with E-state index in [0.717, 1.165) is 12.0 Å². The van der Waals surface area contributed by atoms with E-state index in [1.54, 1.807) is 12.2 Å². The Balaban J connectivity index is 1.67. The predicted octanol–water partition coefficient (Wildman–Crippen LogP) is 2.90. The molecule has 8 heteroatoms. The molecule has 4 rings (SSSR count). The summed E-state index contributed by atoms with van der Waals surface area (Å²) in [5.74, 6) is -1.06. The second-order valence-electron chi connectivity index (χ2n) is 10.7. The first kappa shape index (κ1) is 25.2. The molecule has 0 radical (unpaired) electrons. The normalized spacial score (nSPS) is 40.5. The smallest absolute Gasteiger partial charge is 0.316 e. The summed E-state index contributed by atoms with van der Waals surface area (Å²) < 4.78 is 10.9. The van der Waals surface area contributed by atoms with E-state index < -0.39 is 29.0 Å². The zero-order valence-electron chi connectivity index (χ0n) is 20.2. The highest BCUT2D eigenvalue weighted by atomic mass is 32.2. The lowest BCUT2D eigenvalue weighted by Crippen LogP contribution is -2.59. The van der Waals surface area contributed by atoms with Gasteiger partial charge in [0.1, 0.15) is 12.7 Å². The number of ether oxygens (including phenoxy) is 2. The summed E-state index contributed by atoms with van der Waals surface area (Å²) in [5.41, 5.74) is -0.280. The average Bonchev–Trinajstić information content (AvgIpc) is 3.09. The summed E-state index contributed by atoms with van der Waals surface area (Å²) in [6.45, 7) is 5.15. The summed E-state index contributed by atoms with van der Waals surface area (Å²) in [4.78, 5) is 49.0. The molecule has 0 aliphatic heterocycles. The highest BCUT2D eigenvalue weighted by Crippen LogP contribution is 2.66. The number of carbonyl (C=O) groups excluding carboxylic acids is 4. The molecule has 0 aromatic heterocycles. The van der Waals surface area contributed by atoms with E-state index in [-0.39, 0.29) is 53.6 Å². The molecule has 1 N–H and O–H groups in total. The van der Waals surface area contributed by atoms with Crippen LogP contribution in [0.15, 0.2) is 23.8 Å². The first-order chi connectivity index (χ1) is 16.0. The van der Waals surface area contributed by atoms with Gasteiger partial charge in [-0.3, -0.25) is 19.2 Å². The van der Waals surface area contributed by atoms with Crippen LogP contribution in [0.5, 0.6) is 0 Å². The van der Waals surface area contributed by atoms with E-state index in [1.807, 2.05) is 19.3 Å². The third kappa shape index (κ3) is 4.17. The molecule has 0 saturated heterocycles. The van der Waals surface area contributed by atoms with Crippen LogP contribution in [0.25, 0.3) is 0 Å². The maximum atomic E-state index is 13.0. The Hall–Kier alpha value is -1.93. The fourth-order valence-corrected chi connectivity index (χ4v) is 7.88. The van der Waals surface area contributed by atoms with Crippen molar-refractivity contribution in [2.24, 2.45) is 34.5 Å². The molecule has 4 aliphatic rings. The van der Waals surface area contributed by atoms with Gasteiger partial charge in [0.2, 0.25) is 0 Å². The average molecular weight is 491 g/mol. The molecule has 0 spiro atoms. The van der Waals surface area contributed by atoms with Crippen LogP contribution in [-0.4, -0.2) is 59.4 Å². The number of ketones is 2. The quantitative estimate of drug-likeness (QED) is 0.567. The molecule has 0 bridgehead atoms. The van der Waals surface area contributed by atoms with Gasteiger partial charge >= 0.3 is 11.9 Å². The van der Waals surface area contributed by atoms with Crippen molar-refractivity contribution in [3.8, 4) is 0 Å². The maximum Gasteiger partial charge on any atom is 0.316 e. The first-order valence-corrected chi connectivity index (χ1v) is 13.4. The number of Topliss-reactive ketones (excluding diaryl/α,β-unsaturated/α-hetero) is 1. The second-order valence-corrected chi connectivity index (χ2v) is 11.6. The number of thioether (sulfide) groups is 1.